The SMILES string of the molecule is CCOC(=O)CNC(=O)CNc1ccc(Br)cc1. The van der Waals surface area contributed by atoms with E-state index in [4.69, 9.17) is 0 Å². The van der Waals surface area contributed by atoms with Crippen molar-refractivity contribution in [3.63, 3.8) is 0 Å². The maximum atomic E-state index is 11.4. The van der Waals surface area contributed by atoms with E-state index in [1.165, 1.54) is 0 Å². The highest BCUT2D eigenvalue weighted by Crippen LogP contribution is 2.13. The fourth-order valence-electron chi connectivity index (χ4n) is 1.20. The van der Waals surface area contributed by atoms with Crippen molar-refractivity contribution in [3.8, 4) is 0 Å². The fourth-order valence-corrected chi connectivity index (χ4v) is 1.46. The molecule has 0 heterocycles. The minimum atomic E-state index is -0.436. The Morgan fingerprint density at radius 2 is 1.89 bits per heavy atom. The molecular formula is C12H15BrN2O3. The topological polar surface area (TPSA) is 67.4 Å². The average Bonchev–Trinajstić information content (AvgIpc) is 2.36. The predicted molar refractivity (Wildman–Crippen MR) is 72.3 cm³/mol. The zero-order chi connectivity index (χ0) is 13.4. The lowest BCUT2D eigenvalue weighted by molar-refractivity contribution is -0.143. The van der Waals surface area contributed by atoms with E-state index in [0.29, 0.717) is 6.61 Å². The normalized spacial score (nSPS) is 9.67. The van der Waals surface area contributed by atoms with Crippen LogP contribution in [0.2, 0.25) is 0 Å². The Hall–Kier alpha value is -1.56. The van der Waals surface area contributed by atoms with Crippen LogP contribution in [0.25, 0.3) is 0 Å². The van der Waals surface area contributed by atoms with E-state index in [1.807, 2.05) is 24.3 Å². The molecule has 0 unspecified atom stereocenters. The molecule has 0 aromatic heterocycles. The first kappa shape index (κ1) is 14.5. The number of amides is 1. The quantitative estimate of drug-likeness (QED) is 0.782. The zero-order valence-electron chi connectivity index (χ0n) is 10.0. The molecule has 0 aliphatic heterocycles. The molecule has 1 aromatic rings. The van der Waals surface area contributed by atoms with Gasteiger partial charge in [-0.2, -0.15) is 0 Å². The van der Waals surface area contributed by atoms with Gasteiger partial charge >= 0.3 is 5.97 Å². The van der Waals surface area contributed by atoms with E-state index in [0.717, 1.165) is 10.2 Å². The number of esters is 1. The van der Waals surface area contributed by atoms with Crippen molar-refractivity contribution in [2.24, 2.45) is 0 Å². The summed E-state index contributed by atoms with van der Waals surface area (Å²) in [5.74, 6) is -0.694. The van der Waals surface area contributed by atoms with Gasteiger partial charge < -0.3 is 15.4 Å². The van der Waals surface area contributed by atoms with E-state index < -0.39 is 5.97 Å². The molecule has 5 nitrogen and oxygen atoms in total. The number of hydrogen-bond donors (Lipinski definition) is 2. The third kappa shape index (κ3) is 5.67. The zero-order valence-corrected chi connectivity index (χ0v) is 11.6. The van der Waals surface area contributed by atoms with Gasteiger partial charge in [-0.3, -0.25) is 9.59 Å². The first-order valence-electron chi connectivity index (χ1n) is 5.53. The van der Waals surface area contributed by atoms with Crippen molar-refractivity contribution < 1.29 is 14.3 Å². The molecule has 0 radical (unpaired) electrons. The van der Waals surface area contributed by atoms with Crippen molar-refractivity contribution in [1.82, 2.24) is 5.32 Å². The van der Waals surface area contributed by atoms with E-state index in [-0.39, 0.29) is 19.0 Å². The number of rotatable bonds is 6. The first-order valence-corrected chi connectivity index (χ1v) is 6.33. The highest BCUT2D eigenvalue weighted by Gasteiger charge is 2.05. The van der Waals surface area contributed by atoms with Crippen molar-refractivity contribution in [2.45, 2.75) is 6.92 Å². The van der Waals surface area contributed by atoms with Crippen LogP contribution in [0.5, 0.6) is 0 Å². The van der Waals surface area contributed by atoms with Crippen LogP contribution in [0.4, 0.5) is 5.69 Å². The molecule has 98 valence electrons. The van der Waals surface area contributed by atoms with E-state index in [1.54, 1.807) is 6.92 Å². The standard InChI is InChI=1S/C12H15BrN2O3/c1-2-18-12(17)8-15-11(16)7-14-10-5-3-9(13)4-6-10/h3-6,14H,2,7-8H2,1H3,(H,15,16). The molecule has 0 saturated heterocycles. The highest BCUT2D eigenvalue weighted by molar-refractivity contribution is 9.10. The summed E-state index contributed by atoms with van der Waals surface area (Å²) in [6.45, 7) is 2.04. The minimum Gasteiger partial charge on any atom is -0.465 e. The lowest BCUT2D eigenvalue weighted by atomic mass is 10.3. The number of benzene rings is 1. The number of hydrogen-bond acceptors (Lipinski definition) is 4. The molecule has 0 fully saturated rings. The maximum absolute atomic E-state index is 11.4. The van der Waals surface area contributed by atoms with Crippen LogP contribution in [0.3, 0.4) is 0 Å². The Balaban J connectivity index is 2.24. The van der Waals surface area contributed by atoms with Crippen molar-refractivity contribution in [2.75, 3.05) is 25.0 Å². The number of nitrogens with one attached hydrogen (secondary N) is 2. The summed E-state index contributed by atoms with van der Waals surface area (Å²) in [6.07, 6.45) is 0. The van der Waals surface area contributed by atoms with Gasteiger partial charge in [0.15, 0.2) is 0 Å². The van der Waals surface area contributed by atoms with Crippen LogP contribution in [0.1, 0.15) is 6.92 Å². The van der Waals surface area contributed by atoms with E-state index in [9.17, 15) is 9.59 Å². The Bertz CT molecular complexity index is 406. The van der Waals surface area contributed by atoms with Gasteiger partial charge in [0.1, 0.15) is 6.54 Å². The fraction of sp³-hybridized carbons (Fsp3) is 0.333. The maximum Gasteiger partial charge on any atom is 0.325 e. The first-order chi connectivity index (χ1) is 8.61. The van der Waals surface area contributed by atoms with Gasteiger partial charge in [0.2, 0.25) is 5.91 Å². The largest absolute Gasteiger partial charge is 0.465 e. The van der Waals surface area contributed by atoms with Crippen molar-refractivity contribution in [3.05, 3.63) is 28.7 Å². The van der Waals surface area contributed by atoms with Gasteiger partial charge in [0.25, 0.3) is 0 Å². The molecule has 18 heavy (non-hydrogen) atoms. The molecular weight excluding hydrogens is 300 g/mol. The van der Waals surface area contributed by atoms with Gasteiger partial charge in [-0.15, -0.1) is 0 Å². The Labute approximate surface area is 114 Å². The molecule has 1 aromatic carbocycles. The van der Waals surface area contributed by atoms with Gasteiger partial charge in [0.05, 0.1) is 13.2 Å². The van der Waals surface area contributed by atoms with Gasteiger partial charge in [0, 0.05) is 10.2 Å². The van der Waals surface area contributed by atoms with Crippen molar-refractivity contribution >= 4 is 33.5 Å². The number of carbonyl (C=O) groups is 2. The third-order valence-electron chi connectivity index (χ3n) is 2.03. The molecule has 6 heteroatoms. The monoisotopic (exact) mass is 314 g/mol. The number of ether oxygens (including phenoxy) is 1. The number of carbonyl (C=O) groups excluding carboxylic acids is 2. The summed E-state index contributed by atoms with van der Waals surface area (Å²) in [6, 6.07) is 7.45. The molecule has 0 aliphatic rings. The Morgan fingerprint density at radius 3 is 2.50 bits per heavy atom. The predicted octanol–water partition coefficient (Wildman–Crippen LogP) is 1.54. The van der Waals surface area contributed by atoms with Crippen LogP contribution in [-0.2, 0) is 14.3 Å². The second-order valence-corrected chi connectivity index (χ2v) is 4.36. The molecule has 1 rings (SSSR count). The summed E-state index contributed by atoms with van der Waals surface area (Å²) in [5, 5.41) is 5.41. The van der Waals surface area contributed by atoms with Crippen LogP contribution in [0.15, 0.2) is 28.7 Å². The lowest BCUT2D eigenvalue weighted by Crippen LogP contribution is -2.34. The molecule has 0 atom stereocenters. The second-order valence-electron chi connectivity index (χ2n) is 3.44. The molecule has 0 spiro atoms. The minimum absolute atomic E-state index is 0.102. The number of halogens is 1. The van der Waals surface area contributed by atoms with Crippen LogP contribution in [0, 0.1) is 0 Å². The lowest BCUT2D eigenvalue weighted by Gasteiger charge is -2.07. The van der Waals surface area contributed by atoms with Crippen LogP contribution in [-0.4, -0.2) is 31.6 Å². The summed E-state index contributed by atoms with van der Waals surface area (Å²) in [7, 11) is 0. The van der Waals surface area contributed by atoms with Crippen LogP contribution < -0.4 is 10.6 Å². The van der Waals surface area contributed by atoms with Crippen LogP contribution >= 0.6 is 15.9 Å². The summed E-state index contributed by atoms with van der Waals surface area (Å²) in [4.78, 5) is 22.4. The summed E-state index contributed by atoms with van der Waals surface area (Å²) < 4.78 is 5.66. The smallest absolute Gasteiger partial charge is 0.325 e. The summed E-state index contributed by atoms with van der Waals surface area (Å²) in [5.41, 5.74) is 0.837. The van der Waals surface area contributed by atoms with Gasteiger partial charge in [-0.25, -0.2) is 0 Å². The molecule has 0 saturated carbocycles. The van der Waals surface area contributed by atoms with E-state index >= 15 is 0 Å². The van der Waals surface area contributed by atoms with E-state index in [2.05, 4.69) is 31.3 Å². The Kier molecular flexibility index (Phi) is 6.21. The second kappa shape index (κ2) is 7.71. The number of anilines is 1. The molecule has 2 N–H and O–H groups in total. The molecule has 1 amide bonds. The molecule has 0 bridgehead atoms. The average molecular weight is 315 g/mol. The molecule has 0 aliphatic carbocycles. The van der Waals surface area contributed by atoms with Gasteiger partial charge in [-0.1, -0.05) is 15.9 Å². The van der Waals surface area contributed by atoms with Crippen molar-refractivity contribution in [1.29, 1.82) is 0 Å². The van der Waals surface area contributed by atoms with Gasteiger partial charge in [-0.05, 0) is 31.2 Å². The highest BCUT2D eigenvalue weighted by atomic mass is 79.9. The Morgan fingerprint density at radius 1 is 1.22 bits per heavy atom. The third-order valence-corrected chi connectivity index (χ3v) is 2.56. The summed E-state index contributed by atoms with van der Waals surface area (Å²) >= 11 is 3.32.